The zero-order chi connectivity index (χ0) is 12.9. The van der Waals surface area contributed by atoms with E-state index in [1.807, 2.05) is 13.8 Å². The zero-order valence-electron chi connectivity index (χ0n) is 10.4. The van der Waals surface area contributed by atoms with Crippen LogP contribution in [0.3, 0.4) is 0 Å². The van der Waals surface area contributed by atoms with Gasteiger partial charge in [0, 0.05) is 19.8 Å². The van der Waals surface area contributed by atoms with Crippen molar-refractivity contribution in [3.63, 3.8) is 0 Å². The summed E-state index contributed by atoms with van der Waals surface area (Å²) < 4.78 is 21.9. The third kappa shape index (κ3) is 6.79. The Morgan fingerprint density at radius 2 is 1.88 bits per heavy atom. The van der Waals surface area contributed by atoms with Gasteiger partial charge in [-0.1, -0.05) is 13.8 Å². The molecule has 1 unspecified atom stereocenters. The molecular weight excluding hydrogens is 228 g/mol. The molecule has 6 heteroatoms. The first-order valence-electron chi connectivity index (χ1n) is 5.31. The third-order valence-electron chi connectivity index (χ3n) is 2.13. The number of nitrogens with two attached hydrogens (primary N) is 1. The smallest absolute Gasteiger partial charge is 0.239 e. The second-order valence-electron chi connectivity index (χ2n) is 4.64. The van der Waals surface area contributed by atoms with E-state index in [0.29, 0.717) is 12.5 Å². The van der Waals surface area contributed by atoms with Crippen molar-refractivity contribution in [1.29, 1.82) is 0 Å². The highest BCUT2D eigenvalue weighted by Gasteiger charge is 2.19. The molecule has 0 fully saturated rings. The Kier molecular flexibility index (Phi) is 5.96. The fourth-order valence-corrected chi connectivity index (χ4v) is 2.07. The highest BCUT2D eigenvalue weighted by molar-refractivity contribution is 7.90. The number of likely N-dealkylation sites (N-methyl/N-ethyl adjacent to an activating group) is 1. The monoisotopic (exact) mass is 250 g/mol. The van der Waals surface area contributed by atoms with Crippen LogP contribution in [0.1, 0.15) is 20.3 Å². The second-order valence-corrected chi connectivity index (χ2v) is 6.90. The Labute approximate surface area is 97.9 Å². The third-order valence-corrected chi connectivity index (χ3v) is 3.11. The summed E-state index contributed by atoms with van der Waals surface area (Å²) in [4.78, 5) is 13.3. The van der Waals surface area contributed by atoms with Gasteiger partial charge in [-0.25, -0.2) is 8.42 Å². The van der Waals surface area contributed by atoms with E-state index in [9.17, 15) is 13.2 Å². The Morgan fingerprint density at radius 1 is 1.38 bits per heavy atom. The predicted octanol–water partition coefficient (Wildman–Crippen LogP) is -0.137. The molecule has 0 aromatic carbocycles. The largest absolute Gasteiger partial charge is 0.344 e. The molecule has 0 heterocycles. The van der Waals surface area contributed by atoms with Crippen LogP contribution < -0.4 is 5.73 Å². The van der Waals surface area contributed by atoms with Crippen LogP contribution in [0.5, 0.6) is 0 Å². The Balaban J connectivity index is 4.18. The maximum absolute atomic E-state index is 11.7. The fourth-order valence-electron chi connectivity index (χ4n) is 1.39. The van der Waals surface area contributed by atoms with Gasteiger partial charge in [-0.2, -0.15) is 0 Å². The van der Waals surface area contributed by atoms with Gasteiger partial charge in [0.2, 0.25) is 5.91 Å². The SMILES string of the molecule is CC(C)CN(C)C(=O)C(N)CCS(C)(=O)=O. The van der Waals surface area contributed by atoms with Gasteiger partial charge >= 0.3 is 0 Å². The van der Waals surface area contributed by atoms with Crippen molar-refractivity contribution in [3.8, 4) is 0 Å². The van der Waals surface area contributed by atoms with E-state index < -0.39 is 15.9 Å². The summed E-state index contributed by atoms with van der Waals surface area (Å²) in [5, 5.41) is 0. The van der Waals surface area contributed by atoms with E-state index in [2.05, 4.69) is 0 Å². The molecule has 1 atom stereocenters. The summed E-state index contributed by atoms with van der Waals surface area (Å²) in [6.45, 7) is 4.64. The van der Waals surface area contributed by atoms with E-state index in [1.165, 1.54) is 0 Å². The van der Waals surface area contributed by atoms with Crippen molar-refractivity contribution < 1.29 is 13.2 Å². The van der Waals surface area contributed by atoms with Gasteiger partial charge < -0.3 is 10.6 Å². The summed E-state index contributed by atoms with van der Waals surface area (Å²) in [6.07, 6.45) is 1.32. The van der Waals surface area contributed by atoms with E-state index in [4.69, 9.17) is 5.73 Å². The quantitative estimate of drug-likeness (QED) is 0.711. The molecule has 16 heavy (non-hydrogen) atoms. The van der Waals surface area contributed by atoms with Crippen LogP contribution in [0.25, 0.3) is 0 Å². The molecular formula is C10H22N2O3S. The lowest BCUT2D eigenvalue weighted by molar-refractivity contribution is -0.131. The van der Waals surface area contributed by atoms with Crippen LogP contribution in [0.4, 0.5) is 0 Å². The Bertz CT molecular complexity index is 325. The minimum Gasteiger partial charge on any atom is -0.344 e. The minimum absolute atomic E-state index is 0.0462. The van der Waals surface area contributed by atoms with Crippen molar-refractivity contribution in [2.45, 2.75) is 26.3 Å². The molecule has 0 spiro atoms. The molecule has 0 aromatic heterocycles. The number of hydrogen-bond donors (Lipinski definition) is 1. The maximum Gasteiger partial charge on any atom is 0.239 e. The average molecular weight is 250 g/mol. The van der Waals surface area contributed by atoms with Crippen molar-refractivity contribution in [1.82, 2.24) is 4.90 Å². The molecule has 0 bridgehead atoms. The van der Waals surface area contributed by atoms with Crippen LogP contribution in [-0.4, -0.2) is 50.9 Å². The fraction of sp³-hybridized carbons (Fsp3) is 0.900. The lowest BCUT2D eigenvalue weighted by Crippen LogP contribution is -2.43. The average Bonchev–Trinajstić information content (AvgIpc) is 2.10. The van der Waals surface area contributed by atoms with Gasteiger partial charge in [0.15, 0.2) is 0 Å². The first-order valence-corrected chi connectivity index (χ1v) is 7.38. The van der Waals surface area contributed by atoms with Crippen LogP contribution >= 0.6 is 0 Å². The number of amides is 1. The normalized spacial score (nSPS) is 13.9. The van der Waals surface area contributed by atoms with Crippen LogP contribution in [-0.2, 0) is 14.6 Å². The van der Waals surface area contributed by atoms with E-state index in [1.54, 1.807) is 11.9 Å². The van der Waals surface area contributed by atoms with Gasteiger partial charge in [-0.15, -0.1) is 0 Å². The Morgan fingerprint density at radius 3 is 2.25 bits per heavy atom. The Hall–Kier alpha value is -0.620. The minimum atomic E-state index is -3.05. The van der Waals surface area contributed by atoms with Gasteiger partial charge in [0.05, 0.1) is 11.8 Å². The first-order chi connectivity index (χ1) is 7.13. The number of carbonyl (C=O) groups excluding carboxylic acids is 1. The highest BCUT2D eigenvalue weighted by atomic mass is 32.2. The summed E-state index contributed by atoms with van der Waals surface area (Å²) in [6, 6.07) is -0.724. The molecule has 0 saturated carbocycles. The lowest BCUT2D eigenvalue weighted by Gasteiger charge is -2.22. The van der Waals surface area contributed by atoms with E-state index >= 15 is 0 Å². The zero-order valence-corrected chi connectivity index (χ0v) is 11.3. The summed E-state index contributed by atoms with van der Waals surface area (Å²) in [5.41, 5.74) is 5.65. The molecule has 2 N–H and O–H groups in total. The van der Waals surface area contributed by atoms with Crippen molar-refractivity contribution in [2.24, 2.45) is 11.7 Å². The van der Waals surface area contributed by atoms with Crippen molar-refractivity contribution in [2.75, 3.05) is 25.6 Å². The standard InChI is InChI=1S/C10H22N2O3S/c1-8(2)7-12(3)10(13)9(11)5-6-16(4,14)15/h8-9H,5-7,11H2,1-4H3. The molecule has 5 nitrogen and oxygen atoms in total. The molecule has 0 radical (unpaired) electrons. The molecule has 0 aliphatic heterocycles. The van der Waals surface area contributed by atoms with Crippen LogP contribution in [0.15, 0.2) is 0 Å². The lowest BCUT2D eigenvalue weighted by atomic mass is 10.1. The van der Waals surface area contributed by atoms with Crippen molar-refractivity contribution in [3.05, 3.63) is 0 Å². The molecule has 0 aliphatic carbocycles. The van der Waals surface area contributed by atoms with Gasteiger partial charge in [0.25, 0.3) is 0 Å². The van der Waals surface area contributed by atoms with E-state index in [-0.39, 0.29) is 18.1 Å². The summed E-state index contributed by atoms with van der Waals surface area (Å²) in [5.74, 6) is 0.128. The first kappa shape index (κ1) is 15.4. The number of hydrogen-bond acceptors (Lipinski definition) is 4. The topological polar surface area (TPSA) is 80.5 Å². The number of sulfone groups is 1. The second kappa shape index (κ2) is 6.20. The number of nitrogens with zero attached hydrogens (tertiary/aromatic N) is 1. The van der Waals surface area contributed by atoms with Gasteiger partial charge in [-0.05, 0) is 12.3 Å². The number of rotatable bonds is 6. The molecule has 96 valence electrons. The van der Waals surface area contributed by atoms with Crippen LogP contribution in [0, 0.1) is 5.92 Å². The summed E-state index contributed by atoms with van der Waals surface area (Å²) >= 11 is 0. The predicted molar refractivity (Wildman–Crippen MR) is 64.8 cm³/mol. The highest BCUT2D eigenvalue weighted by Crippen LogP contribution is 2.01. The van der Waals surface area contributed by atoms with Crippen molar-refractivity contribution >= 4 is 15.7 Å². The van der Waals surface area contributed by atoms with E-state index in [0.717, 1.165) is 6.26 Å². The molecule has 0 rings (SSSR count). The van der Waals surface area contributed by atoms with Gasteiger partial charge in [-0.3, -0.25) is 4.79 Å². The molecule has 0 saturated heterocycles. The summed E-state index contributed by atoms with van der Waals surface area (Å²) in [7, 11) is -1.37. The molecule has 0 aromatic rings. The molecule has 1 amide bonds. The van der Waals surface area contributed by atoms with Gasteiger partial charge in [0.1, 0.15) is 9.84 Å². The van der Waals surface area contributed by atoms with Crippen LogP contribution in [0.2, 0.25) is 0 Å². The number of carbonyl (C=O) groups is 1. The maximum atomic E-state index is 11.7. The molecule has 0 aliphatic rings.